The van der Waals surface area contributed by atoms with Crippen LogP contribution in [0.1, 0.15) is 52.4 Å². The highest BCUT2D eigenvalue weighted by Crippen LogP contribution is 2.28. The van der Waals surface area contributed by atoms with Crippen molar-refractivity contribution < 1.29 is 19.4 Å². The molecule has 21 heavy (non-hydrogen) atoms. The summed E-state index contributed by atoms with van der Waals surface area (Å²) >= 11 is 0. The minimum Gasteiger partial charge on any atom is -0.480 e. The maximum absolute atomic E-state index is 12.5. The number of ether oxygens (including phenoxy) is 1. The molecule has 2 unspecified atom stereocenters. The molecule has 1 saturated carbocycles. The monoisotopic (exact) mass is 298 g/mol. The number of rotatable bonds is 2. The van der Waals surface area contributed by atoms with Gasteiger partial charge in [-0.25, -0.2) is 9.59 Å². The van der Waals surface area contributed by atoms with Crippen LogP contribution in [0.2, 0.25) is 0 Å². The van der Waals surface area contributed by atoms with E-state index in [0.29, 0.717) is 25.9 Å². The van der Waals surface area contributed by atoms with Crippen molar-refractivity contribution in [1.29, 1.82) is 0 Å². The number of nitrogens with zero attached hydrogens (tertiary/aromatic N) is 1. The van der Waals surface area contributed by atoms with Gasteiger partial charge in [0.2, 0.25) is 0 Å². The molecule has 1 heterocycles. The minimum absolute atomic E-state index is 0.0191. The Hall–Kier alpha value is -1.30. The van der Waals surface area contributed by atoms with Gasteiger partial charge >= 0.3 is 12.0 Å². The van der Waals surface area contributed by atoms with Crippen molar-refractivity contribution in [3.05, 3.63) is 0 Å². The zero-order valence-electron chi connectivity index (χ0n) is 12.9. The van der Waals surface area contributed by atoms with E-state index in [1.54, 1.807) is 4.90 Å². The van der Waals surface area contributed by atoms with E-state index in [1.807, 2.05) is 13.8 Å². The number of carboxylic acid groups (broad SMARTS) is 1. The minimum atomic E-state index is -1.10. The number of carboxylic acids is 1. The SMILES string of the molecule is CC1CN(C(=O)NC2(C(=O)O)CCCCCC2)CC(C)O1. The lowest BCUT2D eigenvalue weighted by Gasteiger charge is -2.38. The van der Waals surface area contributed by atoms with E-state index < -0.39 is 11.5 Å². The van der Waals surface area contributed by atoms with Crippen LogP contribution in [0.4, 0.5) is 4.79 Å². The fourth-order valence-corrected chi connectivity index (χ4v) is 3.35. The lowest BCUT2D eigenvalue weighted by Crippen LogP contribution is -2.60. The molecule has 6 nitrogen and oxygen atoms in total. The number of hydrogen-bond donors (Lipinski definition) is 2. The van der Waals surface area contributed by atoms with E-state index in [0.717, 1.165) is 25.7 Å². The van der Waals surface area contributed by atoms with Crippen molar-refractivity contribution in [2.75, 3.05) is 13.1 Å². The summed E-state index contributed by atoms with van der Waals surface area (Å²) in [5.41, 5.74) is -1.10. The van der Waals surface area contributed by atoms with Gasteiger partial charge in [0.15, 0.2) is 0 Å². The molecule has 0 aromatic rings. The normalized spacial score (nSPS) is 29.5. The van der Waals surface area contributed by atoms with E-state index >= 15 is 0 Å². The Kier molecular flexibility index (Phi) is 5.08. The molecular weight excluding hydrogens is 272 g/mol. The Bertz CT molecular complexity index is 381. The molecule has 120 valence electrons. The molecule has 2 N–H and O–H groups in total. The Morgan fingerprint density at radius 2 is 1.62 bits per heavy atom. The zero-order valence-corrected chi connectivity index (χ0v) is 12.9. The van der Waals surface area contributed by atoms with Crippen LogP contribution in [-0.4, -0.2) is 52.8 Å². The Balaban J connectivity index is 2.05. The molecule has 2 aliphatic rings. The van der Waals surface area contributed by atoms with E-state index in [9.17, 15) is 14.7 Å². The molecule has 0 bridgehead atoms. The van der Waals surface area contributed by atoms with Gasteiger partial charge in [-0.15, -0.1) is 0 Å². The van der Waals surface area contributed by atoms with Gasteiger partial charge < -0.3 is 20.1 Å². The van der Waals surface area contributed by atoms with Gasteiger partial charge in [0.25, 0.3) is 0 Å². The number of carbonyl (C=O) groups is 2. The molecule has 1 aliphatic carbocycles. The van der Waals surface area contributed by atoms with Gasteiger partial charge in [-0.3, -0.25) is 0 Å². The average molecular weight is 298 g/mol. The average Bonchev–Trinajstić information content (AvgIpc) is 2.64. The molecule has 2 amide bonds. The lowest BCUT2D eigenvalue weighted by atomic mass is 9.90. The Labute approximate surface area is 125 Å². The topological polar surface area (TPSA) is 78.9 Å². The molecule has 0 aromatic carbocycles. The van der Waals surface area contributed by atoms with Crippen LogP contribution in [0.5, 0.6) is 0 Å². The summed E-state index contributed by atoms with van der Waals surface area (Å²) in [5.74, 6) is -0.910. The highest BCUT2D eigenvalue weighted by molar-refractivity contribution is 5.86. The van der Waals surface area contributed by atoms with Crippen molar-refractivity contribution in [3.63, 3.8) is 0 Å². The number of hydrogen-bond acceptors (Lipinski definition) is 3. The highest BCUT2D eigenvalue weighted by Gasteiger charge is 2.41. The summed E-state index contributed by atoms with van der Waals surface area (Å²) in [6.07, 6.45) is 4.77. The second kappa shape index (κ2) is 6.64. The predicted molar refractivity (Wildman–Crippen MR) is 78.2 cm³/mol. The van der Waals surface area contributed by atoms with Crippen molar-refractivity contribution in [1.82, 2.24) is 10.2 Å². The van der Waals surface area contributed by atoms with Gasteiger partial charge in [-0.2, -0.15) is 0 Å². The van der Waals surface area contributed by atoms with Crippen LogP contribution >= 0.6 is 0 Å². The maximum Gasteiger partial charge on any atom is 0.329 e. The maximum atomic E-state index is 12.5. The van der Waals surface area contributed by atoms with Crippen LogP contribution < -0.4 is 5.32 Å². The molecule has 1 aliphatic heterocycles. The summed E-state index contributed by atoms with van der Waals surface area (Å²) < 4.78 is 5.61. The van der Waals surface area contributed by atoms with E-state index in [4.69, 9.17) is 4.74 Å². The third kappa shape index (κ3) is 3.87. The van der Waals surface area contributed by atoms with Crippen molar-refractivity contribution >= 4 is 12.0 Å². The summed E-state index contributed by atoms with van der Waals surface area (Å²) in [6.45, 7) is 4.86. The van der Waals surface area contributed by atoms with Crippen LogP contribution in [0.3, 0.4) is 0 Å². The fourth-order valence-electron chi connectivity index (χ4n) is 3.35. The molecule has 0 aromatic heterocycles. The molecule has 6 heteroatoms. The summed E-state index contributed by atoms with van der Waals surface area (Å²) in [7, 11) is 0. The van der Waals surface area contributed by atoms with Crippen molar-refractivity contribution in [2.24, 2.45) is 0 Å². The van der Waals surface area contributed by atoms with E-state index in [2.05, 4.69) is 5.32 Å². The molecule has 2 fully saturated rings. The first kappa shape index (κ1) is 16.1. The highest BCUT2D eigenvalue weighted by atomic mass is 16.5. The van der Waals surface area contributed by atoms with Crippen LogP contribution in [-0.2, 0) is 9.53 Å². The molecule has 2 rings (SSSR count). The molecule has 0 radical (unpaired) electrons. The summed E-state index contributed by atoms with van der Waals surface area (Å²) in [4.78, 5) is 25.9. The van der Waals surface area contributed by atoms with E-state index in [1.165, 1.54) is 0 Å². The fraction of sp³-hybridized carbons (Fsp3) is 0.867. The van der Waals surface area contributed by atoms with Crippen LogP contribution in [0, 0.1) is 0 Å². The van der Waals surface area contributed by atoms with Gasteiger partial charge in [0.1, 0.15) is 5.54 Å². The summed E-state index contributed by atoms with van der Waals surface area (Å²) in [5, 5.41) is 12.4. The molecule has 1 saturated heterocycles. The largest absolute Gasteiger partial charge is 0.480 e. The second-order valence-electron chi connectivity index (χ2n) is 6.39. The third-order valence-corrected chi connectivity index (χ3v) is 4.42. The van der Waals surface area contributed by atoms with Crippen molar-refractivity contribution in [3.8, 4) is 0 Å². The van der Waals surface area contributed by atoms with E-state index in [-0.39, 0.29) is 18.2 Å². The smallest absolute Gasteiger partial charge is 0.329 e. The summed E-state index contributed by atoms with van der Waals surface area (Å²) in [6, 6.07) is -0.277. The number of amides is 2. The first-order chi connectivity index (χ1) is 9.93. The van der Waals surface area contributed by atoms with Crippen LogP contribution in [0.15, 0.2) is 0 Å². The predicted octanol–water partition coefficient (Wildman–Crippen LogP) is 1.98. The standard InChI is InChI=1S/C15H26N2O4/c1-11-9-17(10-12(2)21-11)14(20)16-15(13(18)19)7-5-3-4-6-8-15/h11-12H,3-10H2,1-2H3,(H,16,20)(H,18,19). The van der Waals surface area contributed by atoms with Gasteiger partial charge in [-0.05, 0) is 26.7 Å². The number of carbonyl (C=O) groups excluding carboxylic acids is 1. The Morgan fingerprint density at radius 3 is 2.10 bits per heavy atom. The number of morpholine rings is 1. The van der Waals surface area contributed by atoms with Gasteiger partial charge in [0.05, 0.1) is 12.2 Å². The Morgan fingerprint density at radius 1 is 1.10 bits per heavy atom. The van der Waals surface area contributed by atoms with Crippen LogP contribution in [0.25, 0.3) is 0 Å². The lowest BCUT2D eigenvalue weighted by molar-refractivity contribution is -0.145. The molecule has 2 atom stereocenters. The first-order valence-corrected chi connectivity index (χ1v) is 7.89. The van der Waals surface area contributed by atoms with Gasteiger partial charge in [-0.1, -0.05) is 25.7 Å². The quantitative estimate of drug-likeness (QED) is 0.764. The number of nitrogens with one attached hydrogen (secondary N) is 1. The van der Waals surface area contributed by atoms with Gasteiger partial charge in [0, 0.05) is 13.1 Å². The second-order valence-corrected chi connectivity index (χ2v) is 6.39. The number of aliphatic carboxylic acids is 1. The van der Waals surface area contributed by atoms with Crippen molar-refractivity contribution in [2.45, 2.75) is 70.1 Å². The third-order valence-electron chi connectivity index (χ3n) is 4.42. The molecule has 0 spiro atoms. The molecular formula is C15H26N2O4. The zero-order chi connectivity index (χ0) is 15.5. The first-order valence-electron chi connectivity index (χ1n) is 7.89. The number of urea groups is 1.